The van der Waals surface area contributed by atoms with Gasteiger partial charge in [0.2, 0.25) is 5.91 Å². The van der Waals surface area contributed by atoms with Gasteiger partial charge in [-0.05, 0) is 24.6 Å². The molecular formula is C17H17NO2. The van der Waals surface area contributed by atoms with E-state index in [0.717, 1.165) is 11.3 Å². The Kier molecular flexibility index (Phi) is 4.66. The van der Waals surface area contributed by atoms with Crippen LogP contribution >= 0.6 is 0 Å². The number of amides is 1. The Balaban J connectivity index is 2.25. The molecule has 3 nitrogen and oxygen atoms in total. The van der Waals surface area contributed by atoms with E-state index in [1.54, 1.807) is 4.90 Å². The molecule has 0 unspecified atom stereocenters. The fourth-order valence-electron chi connectivity index (χ4n) is 2.01. The van der Waals surface area contributed by atoms with Crippen LogP contribution in [-0.2, 0) is 16.1 Å². The molecule has 0 aliphatic carbocycles. The van der Waals surface area contributed by atoms with Crippen LogP contribution in [0.3, 0.4) is 0 Å². The van der Waals surface area contributed by atoms with Gasteiger partial charge in [-0.2, -0.15) is 0 Å². The lowest BCUT2D eigenvalue weighted by Crippen LogP contribution is -2.31. The number of anilines is 1. The summed E-state index contributed by atoms with van der Waals surface area (Å²) in [6.07, 6.45) is -0.0677. The molecule has 0 N–H and O–H groups in total. The molecule has 0 atom stereocenters. The predicted octanol–water partition coefficient (Wildman–Crippen LogP) is 3.20. The average Bonchev–Trinajstić information content (AvgIpc) is 2.46. The first-order chi connectivity index (χ1) is 9.66. The molecule has 2 aromatic carbocycles. The van der Waals surface area contributed by atoms with Gasteiger partial charge in [-0.15, -0.1) is 0 Å². The number of carbonyl (C=O) groups excluding carboxylic acids is 2. The van der Waals surface area contributed by atoms with Gasteiger partial charge in [0.15, 0.2) is 0 Å². The Morgan fingerprint density at radius 2 is 1.45 bits per heavy atom. The first kappa shape index (κ1) is 14.0. The molecular weight excluding hydrogens is 250 g/mol. The van der Waals surface area contributed by atoms with Gasteiger partial charge in [-0.3, -0.25) is 9.59 Å². The summed E-state index contributed by atoms with van der Waals surface area (Å²) in [5, 5.41) is 0. The Morgan fingerprint density at radius 1 is 0.900 bits per heavy atom. The van der Waals surface area contributed by atoms with Gasteiger partial charge in [0, 0.05) is 5.69 Å². The van der Waals surface area contributed by atoms with Crippen molar-refractivity contribution in [2.24, 2.45) is 0 Å². The second-order valence-electron chi connectivity index (χ2n) is 4.68. The molecule has 102 valence electrons. The van der Waals surface area contributed by atoms with Gasteiger partial charge in [0.25, 0.3) is 0 Å². The molecule has 0 heterocycles. The molecule has 1 amide bonds. The molecule has 2 aromatic rings. The number of para-hydroxylation sites is 1. The van der Waals surface area contributed by atoms with Crippen LogP contribution in [0.25, 0.3) is 0 Å². The van der Waals surface area contributed by atoms with Gasteiger partial charge in [-0.25, -0.2) is 0 Å². The standard InChI is InChI=1S/C17H17NO2/c1-14(19)12-17(20)18(16-10-6-3-7-11-16)13-15-8-4-2-5-9-15/h2-11H,12-13H2,1H3. The van der Waals surface area contributed by atoms with E-state index in [2.05, 4.69) is 0 Å². The predicted molar refractivity (Wildman–Crippen MR) is 79.4 cm³/mol. The molecule has 0 spiro atoms. The minimum absolute atomic E-state index is 0.0677. The summed E-state index contributed by atoms with van der Waals surface area (Å²) in [4.78, 5) is 25.1. The van der Waals surface area contributed by atoms with E-state index in [-0.39, 0.29) is 18.1 Å². The largest absolute Gasteiger partial charge is 0.308 e. The molecule has 0 saturated heterocycles. The molecule has 0 radical (unpaired) electrons. The zero-order valence-electron chi connectivity index (χ0n) is 11.5. The summed E-state index contributed by atoms with van der Waals surface area (Å²) in [6, 6.07) is 19.2. The Bertz CT molecular complexity index is 578. The van der Waals surface area contributed by atoms with E-state index in [4.69, 9.17) is 0 Å². The van der Waals surface area contributed by atoms with Crippen LogP contribution in [-0.4, -0.2) is 11.7 Å². The average molecular weight is 267 g/mol. The van der Waals surface area contributed by atoms with Crippen molar-refractivity contribution in [2.45, 2.75) is 19.9 Å². The molecule has 0 aromatic heterocycles. The van der Waals surface area contributed by atoms with Crippen LogP contribution in [0.4, 0.5) is 5.69 Å². The topological polar surface area (TPSA) is 37.4 Å². The quantitative estimate of drug-likeness (QED) is 0.780. The maximum absolute atomic E-state index is 12.3. The third kappa shape index (κ3) is 3.79. The summed E-state index contributed by atoms with van der Waals surface area (Å²) < 4.78 is 0. The summed E-state index contributed by atoms with van der Waals surface area (Å²) >= 11 is 0. The lowest BCUT2D eigenvalue weighted by atomic mass is 10.1. The fraction of sp³-hybridized carbons (Fsp3) is 0.176. The van der Waals surface area contributed by atoms with Crippen LogP contribution in [0, 0.1) is 0 Å². The van der Waals surface area contributed by atoms with Crippen molar-refractivity contribution in [1.82, 2.24) is 0 Å². The summed E-state index contributed by atoms with van der Waals surface area (Å²) in [6.45, 7) is 1.90. The lowest BCUT2D eigenvalue weighted by molar-refractivity contribution is -0.125. The maximum Gasteiger partial charge on any atom is 0.234 e. The number of ketones is 1. The van der Waals surface area contributed by atoms with Gasteiger partial charge in [-0.1, -0.05) is 48.5 Å². The smallest absolute Gasteiger partial charge is 0.234 e. The van der Waals surface area contributed by atoms with Gasteiger partial charge in [0.05, 0.1) is 13.0 Å². The minimum atomic E-state index is -0.174. The van der Waals surface area contributed by atoms with Crippen molar-refractivity contribution in [1.29, 1.82) is 0 Å². The third-order valence-electron chi connectivity index (χ3n) is 2.95. The molecule has 2 rings (SSSR count). The van der Waals surface area contributed by atoms with E-state index in [0.29, 0.717) is 6.54 Å². The number of carbonyl (C=O) groups is 2. The van der Waals surface area contributed by atoms with Crippen LogP contribution in [0.1, 0.15) is 18.9 Å². The minimum Gasteiger partial charge on any atom is -0.308 e. The summed E-state index contributed by atoms with van der Waals surface area (Å²) in [5.41, 5.74) is 1.84. The van der Waals surface area contributed by atoms with Crippen LogP contribution in [0.15, 0.2) is 60.7 Å². The highest BCUT2D eigenvalue weighted by molar-refractivity contribution is 6.04. The van der Waals surface area contributed by atoms with Crippen molar-refractivity contribution in [2.75, 3.05) is 4.90 Å². The number of Topliss-reactive ketones (excluding diaryl/α,β-unsaturated/α-hetero) is 1. The van der Waals surface area contributed by atoms with Crippen molar-refractivity contribution in [3.05, 3.63) is 66.2 Å². The Labute approximate surface area is 118 Å². The monoisotopic (exact) mass is 267 g/mol. The number of rotatable bonds is 5. The number of hydrogen-bond donors (Lipinski definition) is 0. The van der Waals surface area contributed by atoms with Crippen LogP contribution in [0.2, 0.25) is 0 Å². The zero-order valence-corrected chi connectivity index (χ0v) is 11.5. The van der Waals surface area contributed by atoms with Gasteiger partial charge >= 0.3 is 0 Å². The van der Waals surface area contributed by atoms with Gasteiger partial charge < -0.3 is 4.90 Å². The molecule has 0 fully saturated rings. The number of benzene rings is 2. The first-order valence-corrected chi connectivity index (χ1v) is 6.55. The highest BCUT2D eigenvalue weighted by Crippen LogP contribution is 2.18. The van der Waals surface area contributed by atoms with E-state index < -0.39 is 0 Å². The summed E-state index contributed by atoms with van der Waals surface area (Å²) in [5.74, 6) is -0.295. The number of hydrogen-bond acceptors (Lipinski definition) is 2. The third-order valence-corrected chi connectivity index (χ3v) is 2.95. The first-order valence-electron chi connectivity index (χ1n) is 6.55. The molecule has 0 bridgehead atoms. The van der Waals surface area contributed by atoms with E-state index >= 15 is 0 Å². The molecule has 0 aliphatic rings. The van der Waals surface area contributed by atoms with Crippen molar-refractivity contribution >= 4 is 17.4 Å². The molecule has 3 heteroatoms. The van der Waals surface area contributed by atoms with E-state index in [1.165, 1.54) is 6.92 Å². The van der Waals surface area contributed by atoms with Crippen molar-refractivity contribution in [3.8, 4) is 0 Å². The molecule has 0 saturated carbocycles. The normalized spacial score (nSPS) is 10.1. The van der Waals surface area contributed by atoms with E-state index in [1.807, 2.05) is 60.7 Å². The van der Waals surface area contributed by atoms with Crippen LogP contribution in [0.5, 0.6) is 0 Å². The molecule has 0 aliphatic heterocycles. The highest BCUT2D eigenvalue weighted by atomic mass is 16.2. The maximum atomic E-state index is 12.3. The Hall–Kier alpha value is -2.42. The van der Waals surface area contributed by atoms with Crippen molar-refractivity contribution < 1.29 is 9.59 Å². The fourth-order valence-corrected chi connectivity index (χ4v) is 2.01. The lowest BCUT2D eigenvalue weighted by Gasteiger charge is -2.22. The second kappa shape index (κ2) is 6.66. The second-order valence-corrected chi connectivity index (χ2v) is 4.68. The zero-order chi connectivity index (χ0) is 14.4. The SMILES string of the molecule is CC(=O)CC(=O)N(Cc1ccccc1)c1ccccc1. The van der Waals surface area contributed by atoms with Gasteiger partial charge in [0.1, 0.15) is 5.78 Å². The summed E-state index contributed by atoms with van der Waals surface area (Å²) in [7, 11) is 0. The van der Waals surface area contributed by atoms with E-state index in [9.17, 15) is 9.59 Å². The van der Waals surface area contributed by atoms with Crippen molar-refractivity contribution in [3.63, 3.8) is 0 Å². The Morgan fingerprint density at radius 3 is 2.00 bits per heavy atom. The highest BCUT2D eigenvalue weighted by Gasteiger charge is 2.17. The molecule has 20 heavy (non-hydrogen) atoms. The van der Waals surface area contributed by atoms with Crippen LogP contribution < -0.4 is 4.90 Å². The number of nitrogens with zero attached hydrogens (tertiary/aromatic N) is 1.